The van der Waals surface area contributed by atoms with Crippen molar-refractivity contribution in [2.75, 3.05) is 0 Å². The molecule has 1 aliphatic heterocycles. The molecule has 0 spiro atoms. The minimum atomic E-state index is 0.0671. The molecule has 0 aliphatic carbocycles. The highest BCUT2D eigenvalue weighted by atomic mass is 32.2. The second-order valence-corrected chi connectivity index (χ2v) is 4.21. The van der Waals surface area contributed by atoms with Gasteiger partial charge in [-0.15, -0.1) is 11.8 Å². The fourth-order valence-electron chi connectivity index (χ4n) is 0.791. The summed E-state index contributed by atoms with van der Waals surface area (Å²) in [5.74, 6) is 0.542. The van der Waals surface area contributed by atoms with E-state index in [1.54, 1.807) is 11.8 Å². The quantitative estimate of drug-likeness (QED) is 0.651. The Morgan fingerprint density at radius 3 is 2.73 bits per heavy atom. The first-order chi connectivity index (χ1) is 5.11. The Hall–Kier alpha value is -0.440. The van der Waals surface area contributed by atoms with Crippen LogP contribution in [0.4, 0.5) is 0 Å². The lowest BCUT2D eigenvalue weighted by molar-refractivity contribution is -0.119. The number of amides is 1. The molecule has 2 nitrogen and oxygen atoms in total. The molecule has 0 aromatic rings. The number of allylic oxidation sites excluding steroid dienone is 1. The van der Waals surface area contributed by atoms with Crippen LogP contribution < -0.4 is 5.32 Å². The zero-order valence-corrected chi connectivity index (χ0v) is 7.87. The van der Waals surface area contributed by atoms with E-state index < -0.39 is 0 Å². The van der Waals surface area contributed by atoms with Gasteiger partial charge in [0.1, 0.15) is 0 Å². The van der Waals surface area contributed by atoms with Crippen LogP contribution >= 0.6 is 11.8 Å². The molecule has 0 radical (unpaired) electrons. The van der Waals surface area contributed by atoms with Crippen molar-refractivity contribution in [2.45, 2.75) is 26.0 Å². The summed E-state index contributed by atoms with van der Waals surface area (Å²) in [5.41, 5.74) is 1.04. The smallest absolute Gasteiger partial charge is 0.237 e. The first kappa shape index (κ1) is 8.65. The summed E-state index contributed by atoms with van der Waals surface area (Å²) < 4.78 is 0. The molecule has 3 heteroatoms. The minimum Gasteiger partial charge on any atom is -0.328 e. The van der Waals surface area contributed by atoms with Gasteiger partial charge in [0.15, 0.2) is 0 Å². The lowest BCUT2D eigenvalue weighted by Gasteiger charge is -2.20. The summed E-state index contributed by atoms with van der Waals surface area (Å²) in [4.78, 5) is 11.1. The average Bonchev–Trinajstić information content (AvgIpc) is 1.94. The van der Waals surface area contributed by atoms with Gasteiger partial charge in [0.05, 0.1) is 5.25 Å². The Kier molecular flexibility index (Phi) is 2.60. The van der Waals surface area contributed by atoms with Crippen molar-refractivity contribution in [3.05, 3.63) is 11.1 Å². The molecule has 0 saturated carbocycles. The van der Waals surface area contributed by atoms with Crippen LogP contribution in [0.5, 0.6) is 0 Å². The molecule has 0 saturated heterocycles. The highest BCUT2D eigenvalue weighted by Crippen LogP contribution is 2.22. The average molecular weight is 171 g/mol. The number of nitrogens with one attached hydrogen (secondary N) is 1. The first-order valence-corrected chi connectivity index (χ1v) is 4.72. The Bertz CT molecular complexity index is 198. The van der Waals surface area contributed by atoms with E-state index in [4.69, 9.17) is 0 Å². The Labute approximate surface area is 71.4 Å². The van der Waals surface area contributed by atoms with Gasteiger partial charge < -0.3 is 5.32 Å². The molecule has 62 valence electrons. The summed E-state index contributed by atoms with van der Waals surface area (Å²) in [5, 5.41) is 4.97. The highest BCUT2D eigenvalue weighted by molar-refractivity contribution is 8.03. The van der Waals surface area contributed by atoms with E-state index in [9.17, 15) is 4.79 Å². The van der Waals surface area contributed by atoms with E-state index in [0.717, 1.165) is 5.70 Å². The van der Waals surface area contributed by atoms with Crippen molar-refractivity contribution in [1.82, 2.24) is 5.32 Å². The lowest BCUT2D eigenvalue weighted by Crippen LogP contribution is -2.34. The molecule has 11 heavy (non-hydrogen) atoms. The lowest BCUT2D eigenvalue weighted by atomic mass is 10.1. The predicted octanol–water partition coefficient (Wildman–Crippen LogP) is 1.74. The van der Waals surface area contributed by atoms with Crippen LogP contribution in [0.2, 0.25) is 0 Å². The number of thioether (sulfide) groups is 1. The molecule has 1 aliphatic rings. The van der Waals surface area contributed by atoms with Gasteiger partial charge >= 0.3 is 0 Å². The van der Waals surface area contributed by atoms with E-state index in [1.165, 1.54) is 0 Å². The van der Waals surface area contributed by atoms with Crippen molar-refractivity contribution < 1.29 is 4.79 Å². The molecule has 0 fully saturated rings. The summed E-state index contributed by atoms with van der Waals surface area (Å²) >= 11 is 1.59. The van der Waals surface area contributed by atoms with E-state index in [0.29, 0.717) is 5.92 Å². The highest BCUT2D eigenvalue weighted by Gasteiger charge is 2.19. The van der Waals surface area contributed by atoms with Crippen LogP contribution in [0.15, 0.2) is 11.1 Å². The van der Waals surface area contributed by atoms with Crippen molar-refractivity contribution in [3.8, 4) is 0 Å². The SMILES string of the molecule is CC(C)C1=CSC(C)C(=O)N1. The molecule has 1 N–H and O–H groups in total. The Morgan fingerprint density at radius 2 is 2.27 bits per heavy atom. The Morgan fingerprint density at radius 1 is 1.64 bits per heavy atom. The maximum absolute atomic E-state index is 11.1. The topological polar surface area (TPSA) is 29.1 Å². The molecule has 1 unspecified atom stereocenters. The van der Waals surface area contributed by atoms with E-state index in [-0.39, 0.29) is 11.2 Å². The predicted molar refractivity (Wildman–Crippen MR) is 48.1 cm³/mol. The van der Waals surface area contributed by atoms with Gasteiger partial charge in [-0.2, -0.15) is 0 Å². The van der Waals surface area contributed by atoms with Gasteiger partial charge in [-0.3, -0.25) is 4.79 Å². The van der Waals surface area contributed by atoms with E-state index in [2.05, 4.69) is 19.2 Å². The number of hydrogen-bond donors (Lipinski definition) is 1. The van der Waals surface area contributed by atoms with E-state index in [1.807, 2.05) is 12.3 Å². The standard InChI is InChI=1S/C8H13NOS/c1-5(2)7-4-11-6(3)8(10)9-7/h4-6H,1-3H3,(H,9,10). The minimum absolute atomic E-state index is 0.0671. The van der Waals surface area contributed by atoms with Crippen molar-refractivity contribution in [2.24, 2.45) is 5.92 Å². The summed E-state index contributed by atoms with van der Waals surface area (Å²) in [6.45, 7) is 6.05. The molecule has 1 heterocycles. The van der Waals surface area contributed by atoms with Crippen LogP contribution in [0.1, 0.15) is 20.8 Å². The Balaban J connectivity index is 2.66. The van der Waals surface area contributed by atoms with Crippen molar-refractivity contribution in [3.63, 3.8) is 0 Å². The summed E-state index contributed by atoms with van der Waals surface area (Å²) in [6, 6.07) is 0. The summed E-state index contributed by atoms with van der Waals surface area (Å²) in [7, 11) is 0. The fourth-order valence-corrected chi connectivity index (χ4v) is 1.66. The molecule has 0 bridgehead atoms. The zero-order chi connectivity index (χ0) is 8.43. The fraction of sp³-hybridized carbons (Fsp3) is 0.625. The number of rotatable bonds is 1. The maximum atomic E-state index is 11.1. The normalized spacial score (nSPS) is 24.9. The second-order valence-electron chi connectivity index (χ2n) is 3.00. The molecule has 1 rings (SSSR count). The molecule has 1 atom stereocenters. The molecule has 0 aromatic heterocycles. The van der Waals surface area contributed by atoms with Gasteiger partial charge in [-0.1, -0.05) is 13.8 Å². The largest absolute Gasteiger partial charge is 0.328 e. The second kappa shape index (κ2) is 3.30. The van der Waals surface area contributed by atoms with Crippen LogP contribution in [-0.2, 0) is 4.79 Å². The van der Waals surface area contributed by atoms with Crippen molar-refractivity contribution >= 4 is 17.7 Å². The molecule has 1 amide bonds. The number of carbonyl (C=O) groups is 1. The third-order valence-corrected chi connectivity index (χ3v) is 2.67. The van der Waals surface area contributed by atoms with Gasteiger partial charge in [0.25, 0.3) is 0 Å². The van der Waals surface area contributed by atoms with E-state index >= 15 is 0 Å². The molecule has 0 aromatic carbocycles. The third kappa shape index (κ3) is 1.99. The van der Waals surface area contributed by atoms with Crippen LogP contribution in [0.25, 0.3) is 0 Å². The maximum Gasteiger partial charge on any atom is 0.237 e. The summed E-state index contributed by atoms with van der Waals surface area (Å²) in [6.07, 6.45) is 0. The van der Waals surface area contributed by atoms with Gasteiger partial charge in [-0.05, 0) is 18.2 Å². The monoisotopic (exact) mass is 171 g/mol. The molecular weight excluding hydrogens is 158 g/mol. The van der Waals surface area contributed by atoms with Crippen molar-refractivity contribution in [1.29, 1.82) is 0 Å². The van der Waals surface area contributed by atoms with Gasteiger partial charge in [-0.25, -0.2) is 0 Å². The van der Waals surface area contributed by atoms with Gasteiger partial charge in [0.2, 0.25) is 5.91 Å². The van der Waals surface area contributed by atoms with Crippen LogP contribution in [0.3, 0.4) is 0 Å². The third-order valence-electron chi connectivity index (χ3n) is 1.66. The number of hydrogen-bond acceptors (Lipinski definition) is 2. The zero-order valence-electron chi connectivity index (χ0n) is 7.05. The first-order valence-electron chi connectivity index (χ1n) is 3.77. The molecular formula is C8H13NOS. The van der Waals surface area contributed by atoms with Crippen LogP contribution in [0, 0.1) is 5.92 Å². The number of carbonyl (C=O) groups excluding carboxylic acids is 1. The van der Waals surface area contributed by atoms with Crippen LogP contribution in [-0.4, -0.2) is 11.2 Å². The van der Waals surface area contributed by atoms with Gasteiger partial charge in [0, 0.05) is 5.70 Å².